The quantitative estimate of drug-likeness (QED) is 0.709. The standard InChI is InChI=1S/C11H17N5O/c1-2-16-7-14-15-10(16)6-13-11(17)8-3-4-9(12)5-8/h3-4,7-9H,2,5-6,12H2,1H3,(H,13,17). The zero-order valence-electron chi connectivity index (χ0n) is 9.84. The molecule has 17 heavy (non-hydrogen) atoms. The lowest BCUT2D eigenvalue weighted by molar-refractivity contribution is -0.123. The Balaban J connectivity index is 1.86. The van der Waals surface area contributed by atoms with Gasteiger partial charge in [-0.1, -0.05) is 12.2 Å². The minimum absolute atomic E-state index is 0.000136. The number of amides is 1. The van der Waals surface area contributed by atoms with Crippen LogP contribution in [0.2, 0.25) is 0 Å². The summed E-state index contributed by atoms with van der Waals surface area (Å²) in [6, 6.07) is 0.00467. The second-order valence-electron chi connectivity index (χ2n) is 4.14. The fourth-order valence-electron chi connectivity index (χ4n) is 1.90. The molecule has 6 nitrogen and oxygen atoms in total. The first-order valence-electron chi connectivity index (χ1n) is 5.79. The van der Waals surface area contributed by atoms with Gasteiger partial charge < -0.3 is 15.6 Å². The Bertz CT molecular complexity index is 425. The molecule has 0 fully saturated rings. The number of aryl methyl sites for hydroxylation is 1. The number of carbonyl (C=O) groups is 1. The number of hydrogen-bond donors (Lipinski definition) is 2. The second kappa shape index (κ2) is 5.09. The molecule has 0 saturated heterocycles. The van der Waals surface area contributed by atoms with E-state index in [9.17, 15) is 4.79 Å². The van der Waals surface area contributed by atoms with E-state index in [2.05, 4.69) is 15.5 Å². The van der Waals surface area contributed by atoms with Gasteiger partial charge in [-0.15, -0.1) is 10.2 Å². The lowest BCUT2D eigenvalue weighted by Gasteiger charge is -2.10. The lowest BCUT2D eigenvalue weighted by atomic mass is 10.1. The van der Waals surface area contributed by atoms with Crippen LogP contribution in [-0.4, -0.2) is 26.7 Å². The molecule has 0 radical (unpaired) electrons. The van der Waals surface area contributed by atoms with E-state index in [1.807, 2.05) is 23.6 Å². The van der Waals surface area contributed by atoms with Crippen molar-refractivity contribution in [3.63, 3.8) is 0 Å². The van der Waals surface area contributed by atoms with Crippen LogP contribution in [0.5, 0.6) is 0 Å². The molecule has 1 heterocycles. The van der Waals surface area contributed by atoms with Gasteiger partial charge in [-0.2, -0.15) is 0 Å². The van der Waals surface area contributed by atoms with Gasteiger partial charge in [-0.3, -0.25) is 4.79 Å². The molecule has 3 N–H and O–H groups in total. The average molecular weight is 235 g/mol. The van der Waals surface area contributed by atoms with Crippen LogP contribution in [0.4, 0.5) is 0 Å². The maximum atomic E-state index is 11.8. The van der Waals surface area contributed by atoms with Gasteiger partial charge in [0.2, 0.25) is 5.91 Å². The third kappa shape index (κ3) is 2.71. The van der Waals surface area contributed by atoms with Crippen molar-refractivity contribution >= 4 is 5.91 Å². The number of hydrogen-bond acceptors (Lipinski definition) is 4. The largest absolute Gasteiger partial charge is 0.348 e. The van der Waals surface area contributed by atoms with Crippen LogP contribution in [-0.2, 0) is 17.9 Å². The lowest BCUT2D eigenvalue weighted by Crippen LogP contribution is -2.31. The van der Waals surface area contributed by atoms with E-state index >= 15 is 0 Å². The molecule has 1 aliphatic carbocycles. The molecule has 0 saturated carbocycles. The van der Waals surface area contributed by atoms with Gasteiger partial charge in [-0.05, 0) is 13.3 Å². The molecular weight excluding hydrogens is 218 g/mol. The van der Waals surface area contributed by atoms with E-state index in [-0.39, 0.29) is 17.9 Å². The SMILES string of the molecule is CCn1cnnc1CNC(=O)C1C=CC(N)C1. The summed E-state index contributed by atoms with van der Waals surface area (Å²) >= 11 is 0. The van der Waals surface area contributed by atoms with E-state index < -0.39 is 0 Å². The summed E-state index contributed by atoms with van der Waals surface area (Å²) in [5.74, 6) is 0.662. The molecule has 6 heteroatoms. The minimum atomic E-state index is -0.108. The molecule has 0 aliphatic heterocycles. The number of nitrogens with zero attached hydrogens (tertiary/aromatic N) is 3. The van der Waals surface area contributed by atoms with E-state index in [4.69, 9.17) is 5.73 Å². The molecule has 1 aromatic heterocycles. The van der Waals surface area contributed by atoms with Gasteiger partial charge in [0.25, 0.3) is 0 Å². The van der Waals surface area contributed by atoms with Gasteiger partial charge in [-0.25, -0.2) is 0 Å². The Morgan fingerprint density at radius 1 is 1.65 bits per heavy atom. The topological polar surface area (TPSA) is 85.8 Å². The van der Waals surface area contributed by atoms with Crippen molar-refractivity contribution in [3.05, 3.63) is 24.3 Å². The zero-order chi connectivity index (χ0) is 12.3. The Kier molecular flexibility index (Phi) is 3.53. The fourth-order valence-corrected chi connectivity index (χ4v) is 1.90. The molecule has 2 unspecified atom stereocenters. The molecule has 0 bridgehead atoms. The Labute approximate surface area is 99.9 Å². The molecule has 2 rings (SSSR count). The highest BCUT2D eigenvalue weighted by Gasteiger charge is 2.22. The molecular formula is C11H17N5O. The first-order valence-corrected chi connectivity index (χ1v) is 5.79. The maximum Gasteiger partial charge on any atom is 0.227 e. The van der Waals surface area contributed by atoms with Crippen LogP contribution in [0.1, 0.15) is 19.2 Å². The molecule has 0 aromatic carbocycles. The highest BCUT2D eigenvalue weighted by atomic mass is 16.1. The van der Waals surface area contributed by atoms with Crippen LogP contribution in [0.15, 0.2) is 18.5 Å². The fraction of sp³-hybridized carbons (Fsp3) is 0.545. The molecule has 1 aliphatic rings. The van der Waals surface area contributed by atoms with Crippen LogP contribution in [0.3, 0.4) is 0 Å². The van der Waals surface area contributed by atoms with E-state index in [1.54, 1.807) is 6.33 Å². The number of aromatic nitrogens is 3. The zero-order valence-corrected chi connectivity index (χ0v) is 9.84. The van der Waals surface area contributed by atoms with Gasteiger partial charge in [0, 0.05) is 12.6 Å². The third-order valence-corrected chi connectivity index (χ3v) is 2.91. The van der Waals surface area contributed by atoms with Crippen molar-refractivity contribution in [2.75, 3.05) is 0 Å². The normalized spacial score (nSPS) is 22.9. The molecule has 2 atom stereocenters. The second-order valence-corrected chi connectivity index (χ2v) is 4.14. The summed E-state index contributed by atoms with van der Waals surface area (Å²) < 4.78 is 1.90. The predicted molar refractivity (Wildman–Crippen MR) is 62.8 cm³/mol. The smallest absolute Gasteiger partial charge is 0.227 e. The number of nitrogens with one attached hydrogen (secondary N) is 1. The van der Waals surface area contributed by atoms with Crippen molar-refractivity contribution in [2.24, 2.45) is 11.7 Å². The predicted octanol–water partition coefficient (Wildman–Crippen LogP) is -0.182. The van der Waals surface area contributed by atoms with E-state index in [1.165, 1.54) is 0 Å². The Morgan fingerprint density at radius 3 is 3.12 bits per heavy atom. The van der Waals surface area contributed by atoms with Crippen molar-refractivity contribution in [1.29, 1.82) is 0 Å². The van der Waals surface area contributed by atoms with Crippen LogP contribution >= 0.6 is 0 Å². The van der Waals surface area contributed by atoms with E-state index in [0.29, 0.717) is 13.0 Å². The minimum Gasteiger partial charge on any atom is -0.348 e. The van der Waals surface area contributed by atoms with Crippen molar-refractivity contribution in [1.82, 2.24) is 20.1 Å². The van der Waals surface area contributed by atoms with Crippen molar-refractivity contribution in [2.45, 2.75) is 32.5 Å². The highest BCUT2D eigenvalue weighted by molar-refractivity contribution is 5.80. The van der Waals surface area contributed by atoms with Gasteiger partial charge in [0.05, 0.1) is 12.5 Å². The van der Waals surface area contributed by atoms with Gasteiger partial charge >= 0.3 is 0 Å². The first-order chi connectivity index (χ1) is 8.20. The number of rotatable bonds is 4. The third-order valence-electron chi connectivity index (χ3n) is 2.91. The van der Waals surface area contributed by atoms with Crippen molar-refractivity contribution in [3.8, 4) is 0 Å². The summed E-state index contributed by atoms with van der Waals surface area (Å²) in [5.41, 5.74) is 5.71. The summed E-state index contributed by atoms with van der Waals surface area (Å²) in [7, 11) is 0. The van der Waals surface area contributed by atoms with Crippen LogP contribution in [0, 0.1) is 5.92 Å². The van der Waals surface area contributed by atoms with E-state index in [0.717, 1.165) is 12.4 Å². The summed E-state index contributed by atoms with van der Waals surface area (Å²) in [4.78, 5) is 11.8. The molecule has 1 amide bonds. The van der Waals surface area contributed by atoms with Gasteiger partial charge in [0.15, 0.2) is 5.82 Å². The summed E-state index contributed by atoms with van der Waals surface area (Å²) in [5, 5.41) is 10.6. The monoisotopic (exact) mass is 235 g/mol. The Hall–Kier alpha value is -1.69. The maximum absolute atomic E-state index is 11.8. The molecule has 92 valence electrons. The number of nitrogens with two attached hydrogens (primary N) is 1. The van der Waals surface area contributed by atoms with Gasteiger partial charge in [0.1, 0.15) is 6.33 Å². The first kappa shape index (κ1) is 11.8. The molecule has 1 aromatic rings. The summed E-state index contributed by atoms with van der Waals surface area (Å²) in [6.45, 7) is 3.21. The highest BCUT2D eigenvalue weighted by Crippen LogP contribution is 2.16. The van der Waals surface area contributed by atoms with Crippen molar-refractivity contribution < 1.29 is 4.79 Å². The van der Waals surface area contributed by atoms with Crippen LogP contribution in [0.25, 0.3) is 0 Å². The molecule has 0 spiro atoms. The summed E-state index contributed by atoms with van der Waals surface area (Å²) in [6.07, 6.45) is 6.09. The Morgan fingerprint density at radius 2 is 2.47 bits per heavy atom. The van der Waals surface area contributed by atoms with Crippen LogP contribution < -0.4 is 11.1 Å². The number of carbonyl (C=O) groups excluding carboxylic acids is 1. The average Bonchev–Trinajstić information content (AvgIpc) is 2.94.